The molecule has 0 aliphatic carbocycles. The largest absolute Gasteiger partial charge is 0.486 e. The first kappa shape index (κ1) is 14.2. The van der Waals surface area contributed by atoms with Crippen LogP contribution in [0.5, 0.6) is 11.5 Å². The van der Waals surface area contributed by atoms with Crippen molar-refractivity contribution in [3.63, 3.8) is 0 Å². The zero-order chi connectivity index (χ0) is 15.5. The third-order valence-electron chi connectivity index (χ3n) is 3.35. The number of aromatic nitrogens is 1. The van der Waals surface area contributed by atoms with Crippen LogP contribution < -0.4 is 9.47 Å². The first-order valence-corrected chi connectivity index (χ1v) is 6.86. The van der Waals surface area contributed by atoms with E-state index in [0.29, 0.717) is 36.0 Å². The van der Waals surface area contributed by atoms with Crippen molar-refractivity contribution >= 4 is 11.8 Å². The van der Waals surface area contributed by atoms with Gasteiger partial charge in [-0.15, -0.1) is 0 Å². The molecule has 0 fully saturated rings. The van der Waals surface area contributed by atoms with Crippen LogP contribution in [-0.4, -0.2) is 36.1 Å². The maximum absolute atomic E-state index is 12.1. The third-order valence-corrected chi connectivity index (χ3v) is 3.35. The maximum Gasteiger partial charge on any atom is 0.355 e. The van der Waals surface area contributed by atoms with Crippen molar-refractivity contribution in [3.05, 3.63) is 47.8 Å². The second-order valence-electron chi connectivity index (χ2n) is 4.86. The Morgan fingerprint density at radius 3 is 2.68 bits per heavy atom. The van der Waals surface area contributed by atoms with Crippen molar-refractivity contribution in [2.45, 2.75) is 0 Å². The Balaban J connectivity index is 1.65. The highest BCUT2D eigenvalue weighted by atomic mass is 16.6. The lowest BCUT2D eigenvalue weighted by atomic mass is 10.1. The summed E-state index contributed by atoms with van der Waals surface area (Å²) in [5.74, 6) is 0.326. The van der Waals surface area contributed by atoms with E-state index in [1.54, 1.807) is 48.1 Å². The SMILES string of the molecule is Cn1cccc1C(=O)OCC(=O)c1ccc2c(c1)OCCO2. The summed E-state index contributed by atoms with van der Waals surface area (Å²) in [5, 5.41) is 0. The number of aryl methyl sites for hydroxylation is 1. The van der Waals surface area contributed by atoms with Crippen molar-refractivity contribution in [2.24, 2.45) is 7.05 Å². The Morgan fingerprint density at radius 2 is 1.95 bits per heavy atom. The van der Waals surface area contributed by atoms with Crippen LogP contribution in [0.15, 0.2) is 36.5 Å². The summed E-state index contributed by atoms with van der Waals surface area (Å²) in [7, 11) is 1.74. The minimum atomic E-state index is -0.529. The normalized spacial score (nSPS) is 12.8. The number of hydrogen-bond donors (Lipinski definition) is 0. The number of benzene rings is 1. The molecule has 0 atom stereocenters. The number of carbonyl (C=O) groups excluding carboxylic acids is 2. The molecule has 1 aromatic heterocycles. The molecule has 6 nitrogen and oxygen atoms in total. The molecule has 0 saturated heterocycles. The fourth-order valence-corrected chi connectivity index (χ4v) is 2.18. The topological polar surface area (TPSA) is 66.8 Å². The predicted molar refractivity (Wildman–Crippen MR) is 77.5 cm³/mol. The van der Waals surface area contributed by atoms with E-state index in [0.717, 1.165) is 0 Å². The molecule has 2 aromatic rings. The van der Waals surface area contributed by atoms with Crippen LogP contribution in [0.3, 0.4) is 0 Å². The molecule has 0 amide bonds. The van der Waals surface area contributed by atoms with Gasteiger partial charge in [-0.05, 0) is 30.3 Å². The standard InChI is InChI=1S/C16H15NO5/c1-17-6-2-3-12(17)16(19)22-10-13(18)11-4-5-14-15(9-11)21-8-7-20-14/h2-6,9H,7-8,10H2,1H3. The van der Waals surface area contributed by atoms with E-state index in [4.69, 9.17) is 14.2 Å². The quantitative estimate of drug-likeness (QED) is 0.637. The minimum absolute atomic E-state index is 0.292. The first-order valence-electron chi connectivity index (χ1n) is 6.86. The van der Waals surface area contributed by atoms with E-state index in [9.17, 15) is 9.59 Å². The van der Waals surface area contributed by atoms with Crippen LogP contribution in [0.4, 0.5) is 0 Å². The summed E-state index contributed by atoms with van der Waals surface area (Å²) in [6, 6.07) is 8.29. The van der Waals surface area contributed by atoms with Crippen LogP contribution in [0.1, 0.15) is 20.8 Å². The smallest absolute Gasteiger partial charge is 0.355 e. The molecule has 0 radical (unpaired) electrons. The highest BCUT2D eigenvalue weighted by Crippen LogP contribution is 2.30. The average molecular weight is 301 g/mol. The van der Waals surface area contributed by atoms with Gasteiger partial charge in [-0.3, -0.25) is 4.79 Å². The van der Waals surface area contributed by atoms with E-state index in [-0.39, 0.29) is 12.4 Å². The van der Waals surface area contributed by atoms with Gasteiger partial charge in [0, 0.05) is 18.8 Å². The number of ether oxygens (including phenoxy) is 3. The molecule has 1 aliphatic heterocycles. The number of carbonyl (C=O) groups is 2. The minimum Gasteiger partial charge on any atom is -0.486 e. The lowest BCUT2D eigenvalue weighted by Crippen LogP contribution is -2.18. The molecular formula is C16H15NO5. The Morgan fingerprint density at radius 1 is 1.18 bits per heavy atom. The van der Waals surface area contributed by atoms with Gasteiger partial charge in [0.05, 0.1) is 0 Å². The first-order chi connectivity index (χ1) is 10.6. The molecule has 0 unspecified atom stereocenters. The van der Waals surface area contributed by atoms with Crippen molar-refractivity contribution < 1.29 is 23.8 Å². The highest BCUT2D eigenvalue weighted by Gasteiger charge is 2.17. The van der Waals surface area contributed by atoms with E-state index in [1.807, 2.05) is 0 Å². The summed E-state index contributed by atoms with van der Waals surface area (Å²) >= 11 is 0. The monoisotopic (exact) mass is 301 g/mol. The van der Waals surface area contributed by atoms with Crippen LogP contribution >= 0.6 is 0 Å². The lowest BCUT2D eigenvalue weighted by molar-refractivity contribution is 0.0465. The van der Waals surface area contributed by atoms with Crippen LogP contribution in [0.25, 0.3) is 0 Å². The van der Waals surface area contributed by atoms with Gasteiger partial charge in [-0.2, -0.15) is 0 Å². The third kappa shape index (κ3) is 2.81. The van der Waals surface area contributed by atoms with Crippen LogP contribution in [0, 0.1) is 0 Å². The Kier molecular flexibility index (Phi) is 3.82. The second kappa shape index (κ2) is 5.93. The Bertz CT molecular complexity index is 719. The molecule has 2 heterocycles. The number of Topliss-reactive ketones (excluding diaryl/α,β-unsaturated/α-hetero) is 1. The van der Waals surface area contributed by atoms with Gasteiger partial charge >= 0.3 is 5.97 Å². The van der Waals surface area contributed by atoms with Gasteiger partial charge in [0.25, 0.3) is 0 Å². The van der Waals surface area contributed by atoms with Gasteiger partial charge in [-0.25, -0.2) is 4.79 Å². The van der Waals surface area contributed by atoms with Gasteiger partial charge in [0.15, 0.2) is 23.9 Å². The number of ketones is 1. The molecule has 1 aromatic carbocycles. The molecular weight excluding hydrogens is 286 g/mol. The molecule has 1 aliphatic rings. The van der Waals surface area contributed by atoms with E-state index in [1.165, 1.54) is 0 Å². The van der Waals surface area contributed by atoms with Gasteiger partial charge in [-0.1, -0.05) is 0 Å². The molecule has 0 saturated carbocycles. The number of esters is 1. The summed E-state index contributed by atoms with van der Waals surface area (Å²) in [6.45, 7) is 0.630. The van der Waals surface area contributed by atoms with Crippen LogP contribution in [-0.2, 0) is 11.8 Å². The van der Waals surface area contributed by atoms with Gasteiger partial charge < -0.3 is 18.8 Å². The molecule has 0 spiro atoms. The van der Waals surface area contributed by atoms with E-state index < -0.39 is 5.97 Å². The lowest BCUT2D eigenvalue weighted by Gasteiger charge is -2.18. The number of fused-ring (bicyclic) bond motifs is 1. The predicted octanol–water partition coefficient (Wildman–Crippen LogP) is 1.84. The number of nitrogens with zero attached hydrogens (tertiary/aromatic N) is 1. The van der Waals surface area contributed by atoms with Gasteiger partial charge in [0.1, 0.15) is 18.9 Å². The summed E-state index contributed by atoms with van der Waals surface area (Å²) in [4.78, 5) is 24.0. The molecule has 22 heavy (non-hydrogen) atoms. The molecule has 6 heteroatoms. The maximum atomic E-state index is 12.1. The van der Waals surface area contributed by atoms with Gasteiger partial charge in [0.2, 0.25) is 0 Å². The molecule has 3 rings (SSSR count). The van der Waals surface area contributed by atoms with Crippen molar-refractivity contribution in [1.82, 2.24) is 4.57 Å². The Hall–Kier alpha value is -2.76. The Labute approximate surface area is 127 Å². The second-order valence-corrected chi connectivity index (χ2v) is 4.86. The highest BCUT2D eigenvalue weighted by molar-refractivity contribution is 5.99. The summed E-state index contributed by atoms with van der Waals surface area (Å²) in [6.07, 6.45) is 1.74. The summed E-state index contributed by atoms with van der Waals surface area (Å²) < 4.78 is 17.5. The molecule has 0 N–H and O–H groups in total. The number of rotatable bonds is 4. The molecule has 0 bridgehead atoms. The molecule has 114 valence electrons. The van der Waals surface area contributed by atoms with Crippen molar-refractivity contribution in [3.8, 4) is 11.5 Å². The zero-order valence-corrected chi connectivity index (χ0v) is 12.1. The average Bonchev–Trinajstić information content (AvgIpc) is 2.98. The zero-order valence-electron chi connectivity index (χ0n) is 12.1. The fourth-order valence-electron chi connectivity index (χ4n) is 2.18. The fraction of sp³-hybridized carbons (Fsp3) is 0.250. The summed E-state index contributed by atoms with van der Waals surface area (Å²) in [5.41, 5.74) is 0.818. The number of hydrogen-bond acceptors (Lipinski definition) is 5. The van der Waals surface area contributed by atoms with E-state index >= 15 is 0 Å². The van der Waals surface area contributed by atoms with Crippen molar-refractivity contribution in [2.75, 3.05) is 19.8 Å². The van der Waals surface area contributed by atoms with E-state index in [2.05, 4.69) is 0 Å². The van der Waals surface area contributed by atoms with Crippen LogP contribution in [0.2, 0.25) is 0 Å². The van der Waals surface area contributed by atoms with Crippen molar-refractivity contribution in [1.29, 1.82) is 0 Å².